The molecule has 16 heavy (non-hydrogen) atoms. The van der Waals surface area contributed by atoms with Gasteiger partial charge in [0.25, 0.3) is 0 Å². The highest BCUT2D eigenvalue weighted by molar-refractivity contribution is 6.05. The Hall–Kier alpha value is -1.10. The van der Waals surface area contributed by atoms with E-state index in [0.717, 1.165) is 0 Å². The normalized spacial score (nSPS) is 33.3. The van der Waals surface area contributed by atoms with E-state index in [1.54, 1.807) is 27.7 Å². The zero-order valence-corrected chi connectivity index (χ0v) is 10.2. The van der Waals surface area contributed by atoms with Gasteiger partial charge in [0.1, 0.15) is 5.60 Å². The van der Waals surface area contributed by atoms with Crippen molar-refractivity contribution in [1.29, 1.82) is 0 Å². The molecule has 1 saturated carbocycles. The SMILES string of the molecule is CCC1(N)CC1(C(=O)O)C(=O)OC(C)(C)C. The minimum atomic E-state index is -1.55. The summed E-state index contributed by atoms with van der Waals surface area (Å²) in [7, 11) is 0. The van der Waals surface area contributed by atoms with Gasteiger partial charge in [-0.05, 0) is 33.6 Å². The number of esters is 1. The lowest BCUT2D eigenvalue weighted by Gasteiger charge is -2.24. The summed E-state index contributed by atoms with van der Waals surface area (Å²) in [5.41, 5.74) is 2.66. The third kappa shape index (κ3) is 1.80. The summed E-state index contributed by atoms with van der Waals surface area (Å²) in [6.07, 6.45) is 0.597. The predicted molar refractivity (Wildman–Crippen MR) is 57.7 cm³/mol. The number of carbonyl (C=O) groups excluding carboxylic acids is 1. The maximum Gasteiger partial charge on any atom is 0.326 e. The third-order valence-electron chi connectivity index (χ3n) is 3.05. The predicted octanol–water partition coefficient (Wildman–Crippen LogP) is 0.910. The number of carbonyl (C=O) groups is 2. The van der Waals surface area contributed by atoms with E-state index in [4.69, 9.17) is 15.6 Å². The van der Waals surface area contributed by atoms with E-state index in [9.17, 15) is 9.59 Å². The van der Waals surface area contributed by atoms with Crippen LogP contribution in [0.4, 0.5) is 0 Å². The Morgan fingerprint density at radius 2 is 1.94 bits per heavy atom. The number of aliphatic carboxylic acids is 1. The fourth-order valence-corrected chi connectivity index (χ4v) is 1.87. The topological polar surface area (TPSA) is 89.6 Å². The monoisotopic (exact) mass is 229 g/mol. The van der Waals surface area contributed by atoms with Gasteiger partial charge >= 0.3 is 11.9 Å². The molecule has 3 N–H and O–H groups in total. The van der Waals surface area contributed by atoms with Crippen LogP contribution >= 0.6 is 0 Å². The average Bonchev–Trinajstić information content (AvgIpc) is 2.72. The Bertz CT molecular complexity index is 333. The molecule has 0 spiro atoms. The number of hydrogen-bond acceptors (Lipinski definition) is 4. The van der Waals surface area contributed by atoms with Gasteiger partial charge in [-0.15, -0.1) is 0 Å². The van der Waals surface area contributed by atoms with Crippen LogP contribution in [0.1, 0.15) is 40.5 Å². The summed E-state index contributed by atoms with van der Waals surface area (Å²) in [5.74, 6) is -1.91. The molecule has 1 fully saturated rings. The Morgan fingerprint density at radius 3 is 2.19 bits per heavy atom. The van der Waals surface area contributed by atoms with Gasteiger partial charge in [-0.25, -0.2) is 0 Å². The molecule has 0 saturated heterocycles. The molecule has 5 nitrogen and oxygen atoms in total. The smallest absolute Gasteiger partial charge is 0.326 e. The molecule has 92 valence electrons. The fraction of sp³-hybridized carbons (Fsp3) is 0.818. The lowest BCUT2D eigenvalue weighted by Crippen LogP contribution is -2.43. The van der Waals surface area contributed by atoms with E-state index in [1.165, 1.54) is 0 Å². The Balaban J connectivity index is 2.92. The summed E-state index contributed by atoms with van der Waals surface area (Å²) < 4.78 is 5.12. The van der Waals surface area contributed by atoms with Crippen LogP contribution in [0.15, 0.2) is 0 Å². The minimum Gasteiger partial charge on any atom is -0.480 e. The van der Waals surface area contributed by atoms with E-state index in [2.05, 4.69) is 0 Å². The van der Waals surface area contributed by atoms with Crippen LogP contribution in [0.5, 0.6) is 0 Å². The standard InChI is InChI=1S/C11H19NO4/c1-5-10(12)6-11(10,7(13)14)8(15)16-9(2,3)4/h5-6,12H2,1-4H3,(H,13,14). The van der Waals surface area contributed by atoms with Gasteiger partial charge in [0.2, 0.25) is 0 Å². The van der Waals surface area contributed by atoms with Crippen molar-refractivity contribution in [2.75, 3.05) is 0 Å². The summed E-state index contributed by atoms with van der Waals surface area (Å²) in [4.78, 5) is 23.1. The van der Waals surface area contributed by atoms with Gasteiger partial charge in [-0.1, -0.05) is 6.92 Å². The van der Waals surface area contributed by atoms with Crippen LogP contribution in [0, 0.1) is 5.41 Å². The fourth-order valence-electron chi connectivity index (χ4n) is 1.87. The Morgan fingerprint density at radius 1 is 1.44 bits per heavy atom. The Labute approximate surface area is 95.0 Å². The van der Waals surface area contributed by atoms with Crippen molar-refractivity contribution in [1.82, 2.24) is 0 Å². The number of nitrogens with two attached hydrogens (primary N) is 1. The zero-order chi connectivity index (χ0) is 12.8. The summed E-state index contributed by atoms with van der Waals surface area (Å²) in [5, 5.41) is 9.16. The van der Waals surface area contributed by atoms with Crippen LogP contribution in [0.25, 0.3) is 0 Å². The number of rotatable bonds is 3. The molecular formula is C11H19NO4. The molecule has 2 atom stereocenters. The molecule has 0 aromatic heterocycles. The largest absolute Gasteiger partial charge is 0.480 e. The van der Waals surface area contributed by atoms with Gasteiger partial charge in [0, 0.05) is 5.54 Å². The highest BCUT2D eigenvalue weighted by atomic mass is 16.6. The van der Waals surface area contributed by atoms with Crippen molar-refractivity contribution in [2.45, 2.75) is 51.7 Å². The van der Waals surface area contributed by atoms with Crippen LogP contribution in [-0.4, -0.2) is 28.2 Å². The van der Waals surface area contributed by atoms with E-state index < -0.39 is 28.5 Å². The minimum absolute atomic E-state index is 0.154. The number of ether oxygens (including phenoxy) is 1. The average molecular weight is 229 g/mol. The molecule has 0 aromatic carbocycles. The van der Waals surface area contributed by atoms with Crippen molar-refractivity contribution in [2.24, 2.45) is 11.1 Å². The van der Waals surface area contributed by atoms with Crippen LogP contribution in [0.3, 0.4) is 0 Å². The lowest BCUT2D eigenvalue weighted by atomic mass is 9.98. The highest BCUT2D eigenvalue weighted by Crippen LogP contribution is 2.57. The maximum absolute atomic E-state index is 11.9. The molecule has 0 aliphatic heterocycles. The molecule has 2 unspecified atom stereocenters. The molecular weight excluding hydrogens is 210 g/mol. The molecule has 1 rings (SSSR count). The maximum atomic E-state index is 11.9. The first kappa shape index (κ1) is 13.0. The van der Waals surface area contributed by atoms with Crippen LogP contribution in [-0.2, 0) is 14.3 Å². The first-order valence-corrected chi connectivity index (χ1v) is 5.35. The Kier molecular flexibility index (Phi) is 2.79. The van der Waals surface area contributed by atoms with Gasteiger partial charge in [-0.2, -0.15) is 0 Å². The molecule has 1 aliphatic carbocycles. The summed E-state index contributed by atoms with van der Waals surface area (Å²) >= 11 is 0. The second-order valence-electron chi connectivity index (χ2n) is 5.40. The first-order valence-electron chi connectivity index (χ1n) is 5.35. The summed E-state index contributed by atoms with van der Waals surface area (Å²) in [6, 6.07) is 0. The third-order valence-corrected chi connectivity index (χ3v) is 3.05. The van der Waals surface area contributed by atoms with Crippen molar-refractivity contribution in [3.8, 4) is 0 Å². The van der Waals surface area contributed by atoms with E-state index in [1.807, 2.05) is 0 Å². The van der Waals surface area contributed by atoms with E-state index in [-0.39, 0.29) is 6.42 Å². The quantitative estimate of drug-likeness (QED) is 0.554. The van der Waals surface area contributed by atoms with E-state index in [0.29, 0.717) is 6.42 Å². The molecule has 1 aliphatic rings. The van der Waals surface area contributed by atoms with Crippen molar-refractivity contribution >= 4 is 11.9 Å². The van der Waals surface area contributed by atoms with Crippen LogP contribution < -0.4 is 5.73 Å². The second kappa shape index (κ2) is 3.45. The zero-order valence-electron chi connectivity index (χ0n) is 10.2. The van der Waals surface area contributed by atoms with Gasteiger partial charge in [0.15, 0.2) is 5.41 Å². The van der Waals surface area contributed by atoms with E-state index >= 15 is 0 Å². The van der Waals surface area contributed by atoms with Gasteiger partial charge < -0.3 is 15.6 Å². The van der Waals surface area contributed by atoms with Crippen molar-refractivity contribution < 1.29 is 19.4 Å². The first-order chi connectivity index (χ1) is 7.09. The lowest BCUT2D eigenvalue weighted by molar-refractivity contribution is -0.170. The number of hydrogen-bond donors (Lipinski definition) is 2. The molecule has 0 heterocycles. The molecule has 0 aromatic rings. The number of carboxylic acids is 1. The van der Waals surface area contributed by atoms with Crippen molar-refractivity contribution in [3.05, 3.63) is 0 Å². The molecule has 0 bridgehead atoms. The van der Waals surface area contributed by atoms with Crippen molar-refractivity contribution in [3.63, 3.8) is 0 Å². The van der Waals surface area contributed by atoms with Crippen LogP contribution in [0.2, 0.25) is 0 Å². The highest BCUT2D eigenvalue weighted by Gasteiger charge is 2.76. The van der Waals surface area contributed by atoms with Gasteiger partial charge in [0.05, 0.1) is 0 Å². The number of carboxylic acid groups (broad SMARTS) is 1. The van der Waals surface area contributed by atoms with Gasteiger partial charge in [-0.3, -0.25) is 9.59 Å². The molecule has 5 heteroatoms. The molecule has 0 radical (unpaired) electrons. The second-order valence-corrected chi connectivity index (χ2v) is 5.40. The molecule has 0 amide bonds. The summed E-state index contributed by atoms with van der Waals surface area (Å²) in [6.45, 7) is 6.88.